The highest BCUT2D eigenvalue weighted by molar-refractivity contribution is 6.31. The molecule has 2 aromatic carbocycles. The van der Waals surface area contributed by atoms with Crippen LogP contribution in [0.1, 0.15) is 0 Å². The molecule has 19 heavy (non-hydrogen) atoms. The molecule has 0 bridgehead atoms. The van der Waals surface area contributed by atoms with Crippen LogP contribution in [0.3, 0.4) is 0 Å². The molecule has 0 saturated carbocycles. The van der Waals surface area contributed by atoms with Gasteiger partial charge in [0.05, 0.1) is 17.9 Å². The predicted molar refractivity (Wildman–Crippen MR) is 76.2 cm³/mol. The van der Waals surface area contributed by atoms with E-state index in [2.05, 4.69) is 5.32 Å². The highest BCUT2D eigenvalue weighted by Gasteiger charge is 2.20. The minimum atomic E-state index is -0.330. The third-order valence-electron chi connectivity index (χ3n) is 2.97. The molecule has 0 aromatic heterocycles. The van der Waals surface area contributed by atoms with Gasteiger partial charge in [0.1, 0.15) is 0 Å². The van der Waals surface area contributed by atoms with Crippen LogP contribution in [0, 0.1) is 5.21 Å². The Morgan fingerprint density at radius 3 is 2.68 bits per heavy atom. The monoisotopic (exact) mass is 273 g/mol. The first kappa shape index (κ1) is 12.0. The van der Waals surface area contributed by atoms with Crippen molar-refractivity contribution in [2.75, 3.05) is 16.9 Å². The van der Waals surface area contributed by atoms with Gasteiger partial charge < -0.3 is 15.6 Å². The Morgan fingerprint density at radius 1 is 1.21 bits per heavy atom. The van der Waals surface area contributed by atoms with Crippen molar-refractivity contribution in [1.82, 2.24) is 0 Å². The van der Waals surface area contributed by atoms with E-state index in [0.717, 1.165) is 11.1 Å². The molecule has 0 unspecified atom stereocenters. The van der Waals surface area contributed by atoms with E-state index in [1.165, 1.54) is 0 Å². The normalized spacial score (nSPS) is 14.0. The number of carbonyl (C=O) groups is 1. The van der Waals surface area contributed by atoms with Crippen molar-refractivity contribution in [3.8, 4) is 11.1 Å². The number of hydroxylamine groups is 1. The molecule has 2 aromatic rings. The third kappa shape index (κ3) is 2.16. The lowest BCUT2D eigenvalue weighted by Crippen LogP contribution is -2.34. The number of amides is 1. The van der Waals surface area contributed by atoms with Gasteiger partial charge in [-0.2, -0.15) is 0 Å². The van der Waals surface area contributed by atoms with Gasteiger partial charge in [-0.3, -0.25) is 4.79 Å². The van der Waals surface area contributed by atoms with Crippen LogP contribution in [0.5, 0.6) is 0 Å². The van der Waals surface area contributed by atoms with E-state index in [1.807, 2.05) is 30.3 Å². The van der Waals surface area contributed by atoms with Gasteiger partial charge in [-0.15, -0.1) is 0 Å². The van der Waals surface area contributed by atoms with Gasteiger partial charge in [-0.05, 0) is 17.7 Å². The molecule has 1 N–H and O–H groups in total. The van der Waals surface area contributed by atoms with E-state index in [0.29, 0.717) is 21.5 Å². The lowest BCUT2D eigenvalue weighted by Gasteiger charge is -2.37. The van der Waals surface area contributed by atoms with Gasteiger partial charge in [-0.25, -0.2) is 0 Å². The second-order valence-corrected chi connectivity index (χ2v) is 4.74. The van der Waals surface area contributed by atoms with Crippen LogP contribution < -0.4 is 10.4 Å². The van der Waals surface area contributed by atoms with Crippen molar-refractivity contribution in [3.63, 3.8) is 0 Å². The van der Waals surface area contributed by atoms with Gasteiger partial charge in [0.15, 0.2) is 0 Å². The van der Waals surface area contributed by atoms with Crippen LogP contribution in [-0.2, 0) is 4.79 Å². The molecule has 0 fully saturated rings. The van der Waals surface area contributed by atoms with E-state index < -0.39 is 0 Å². The first-order valence-corrected chi connectivity index (χ1v) is 6.16. The maximum Gasteiger partial charge on any atom is 0.243 e. The molecule has 1 aliphatic rings. The molecule has 0 radical (unpaired) electrons. The first-order chi connectivity index (χ1) is 9.15. The smallest absolute Gasteiger partial charge is 0.243 e. The molecule has 0 spiro atoms. The number of carbonyl (C=O) groups excluding carboxylic acids is 1. The predicted octanol–water partition coefficient (Wildman–Crippen LogP) is 3.26. The number of halogens is 1. The maximum atomic E-state index is 12.0. The average molecular weight is 274 g/mol. The van der Waals surface area contributed by atoms with Crippen molar-refractivity contribution >= 4 is 28.9 Å². The summed E-state index contributed by atoms with van der Waals surface area (Å²) in [5, 5.41) is 15.9. The highest BCUT2D eigenvalue weighted by Crippen LogP contribution is 2.41. The van der Waals surface area contributed by atoms with Crippen molar-refractivity contribution in [2.24, 2.45) is 0 Å². The number of anilines is 2. The van der Waals surface area contributed by atoms with Crippen molar-refractivity contribution in [3.05, 3.63) is 52.7 Å². The van der Waals surface area contributed by atoms with Gasteiger partial charge in [0, 0.05) is 10.6 Å². The van der Waals surface area contributed by atoms with Gasteiger partial charge >= 0.3 is 0 Å². The summed E-state index contributed by atoms with van der Waals surface area (Å²) in [7, 11) is 0. The molecule has 4 nitrogen and oxygen atoms in total. The maximum absolute atomic E-state index is 12.0. The minimum absolute atomic E-state index is 0.200. The average Bonchev–Trinajstić information content (AvgIpc) is 2.38. The number of nitrogens with zero attached hydrogens (tertiary/aromatic N) is 1. The van der Waals surface area contributed by atoms with Crippen molar-refractivity contribution in [1.29, 1.82) is 0 Å². The third-order valence-corrected chi connectivity index (χ3v) is 3.19. The molecule has 1 heterocycles. The quantitative estimate of drug-likeness (QED) is 0.868. The molecule has 1 aliphatic heterocycles. The second-order valence-electron chi connectivity index (χ2n) is 4.30. The van der Waals surface area contributed by atoms with Crippen LogP contribution in [0.4, 0.5) is 11.4 Å². The zero-order valence-electron chi connectivity index (χ0n) is 9.89. The number of rotatable bonds is 1. The Morgan fingerprint density at radius 2 is 1.95 bits per heavy atom. The highest BCUT2D eigenvalue weighted by atomic mass is 35.5. The molecule has 1 amide bonds. The van der Waals surface area contributed by atoms with Gasteiger partial charge in [0.2, 0.25) is 5.91 Å². The number of fused-ring (bicyclic) bond motifs is 1. The number of hydrogen-bond acceptors (Lipinski definition) is 3. The lowest BCUT2D eigenvalue weighted by molar-refractivity contribution is -0.115. The van der Waals surface area contributed by atoms with E-state index in [1.54, 1.807) is 12.1 Å². The van der Waals surface area contributed by atoms with E-state index >= 15 is 0 Å². The molecular weight excluding hydrogens is 264 g/mol. The molecule has 5 heteroatoms. The zero-order valence-corrected chi connectivity index (χ0v) is 10.6. The Kier molecular flexibility index (Phi) is 2.89. The number of benzene rings is 2. The lowest BCUT2D eigenvalue weighted by atomic mass is 10.0. The van der Waals surface area contributed by atoms with Gasteiger partial charge in [0.25, 0.3) is 0 Å². The zero-order chi connectivity index (χ0) is 13.4. The fourth-order valence-electron chi connectivity index (χ4n) is 2.20. The van der Waals surface area contributed by atoms with Gasteiger partial charge in [-0.1, -0.05) is 41.9 Å². The van der Waals surface area contributed by atoms with E-state index in [9.17, 15) is 10.0 Å². The van der Waals surface area contributed by atoms with Crippen LogP contribution in [-0.4, -0.2) is 12.5 Å². The Hall–Kier alpha value is -2.04. The van der Waals surface area contributed by atoms with Crippen LogP contribution in [0.2, 0.25) is 5.02 Å². The molecule has 3 rings (SSSR count). The molecule has 0 atom stereocenters. The second kappa shape index (κ2) is 4.57. The Labute approximate surface area is 115 Å². The summed E-state index contributed by atoms with van der Waals surface area (Å²) in [4.78, 5) is 11.4. The fraction of sp³-hybridized carbons (Fsp3) is 0.0714. The molecule has 0 saturated heterocycles. The molecule has 0 aliphatic carbocycles. The summed E-state index contributed by atoms with van der Waals surface area (Å²) in [5.74, 6) is -0.330. The van der Waals surface area contributed by atoms with Crippen molar-refractivity contribution < 1.29 is 4.79 Å². The number of hydrogen-bond donors (Lipinski definition) is 1. The Balaban J connectivity index is 2.23. The van der Waals surface area contributed by atoms with Crippen molar-refractivity contribution in [2.45, 2.75) is 0 Å². The Bertz CT molecular complexity index is 643. The van der Waals surface area contributed by atoms with Crippen LogP contribution in [0.15, 0.2) is 42.5 Å². The summed E-state index contributed by atoms with van der Waals surface area (Å²) >= 11 is 6.06. The topological polar surface area (TPSA) is 55.4 Å². The minimum Gasteiger partial charge on any atom is -0.758 e. The van der Waals surface area contributed by atoms with E-state index in [-0.39, 0.29) is 12.5 Å². The van der Waals surface area contributed by atoms with E-state index in [4.69, 9.17) is 11.6 Å². The fourth-order valence-corrected chi connectivity index (χ4v) is 2.42. The largest absolute Gasteiger partial charge is 0.758 e. The van der Waals surface area contributed by atoms with Crippen LogP contribution in [0.25, 0.3) is 11.1 Å². The summed E-state index contributed by atoms with van der Waals surface area (Å²) < 4.78 is 0. The summed E-state index contributed by atoms with van der Waals surface area (Å²) in [6.07, 6.45) is 0. The summed E-state index contributed by atoms with van der Waals surface area (Å²) in [5.41, 5.74) is 2.52. The summed E-state index contributed by atoms with van der Waals surface area (Å²) in [6.45, 7) is -0.200. The molecular formula is C14H10ClN2O2-. The standard InChI is InChI=1S/C14H10ClN2O2/c15-10-6-11(9-4-2-1-3-5-9)14-12(7-10)16-13(18)8-17(14)19/h1-7H,8H2,(H,16,18)/q-1. The number of nitrogens with one attached hydrogen (secondary N) is 1. The first-order valence-electron chi connectivity index (χ1n) is 5.78. The summed E-state index contributed by atoms with van der Waals surface area (Å²) in [6, 6.07) is 12.8. The molecule has 96 valence electrons. The van der Waals surface area contributed by atoms with Crippen LogP contribution >= 0.6 is 11.6 Å². The SMILES string of the molecule is O=C1CN([O-])c2c(cc(Cl)cc2-c2ccccc2)N1.